The van der Waals surface area contributed by atoms with E-state index in [0.717, 1.165) is 22.3 Å². The van der Waals surface area contributed by atoms with Crippen LogP contribution in [-0.2, 0) is 34.3 Å². The Bertz CT molecular complexity index is 1120. The molecular weight excluding hydrogens is 452 g/mol. The first-order valence-electron chi connectivity index (χ1n) is 12.0. The number of hydrogen-bond donors (Lipinski definition) is 0. The van der Waals surface area contributed by atoms with Gasteiger partial charge in [0.05, 0.1) is 13.2 Å². The monoisotopic (exact) mass is 488 g/mol. The molecule has 2 unspecified atom stereocenters. The van der Waals surface area contributed by atoms with Crippen LogP contribution < -0.4 is 0 Å². The Morgan fingerprint density at radius 1 is 0.912 bits per heavy atom. The Morgan fingerprint density at radius 3 is 1.97 bits per heavy atom. The fourth-order valence-electron chi connectivity index (χ4n) is 5.07. The van der Waals surface area contributed by atoms with Crippen LogP contribution >= 0.6 is 0 Å². The summed E-state index contributed by atoms with van der Waals surface area (Å²) < 4.78 is 52.0. The minimum absolute atomic E-state index is 0.00602. The van der Waals surface area contributed by atoms with Crippen LogP contribution in [0.4, 0.5) is 0 Å². The van der Waals surface area contributed by atoms with E-state index < -0.39 is 28.1 Å². The summed E-state index contributed by atoms with van der Waals surface area (Å²) >= 11 is 0. The van der Waals surface area contributed by atoms with Crippen LogP contribution in [0.15, 0.2) is 41.3 Å². The number of ether oxygens (including phenoxy) is 3. The number of rotatable bonds is 7. The number of hydrogen-bond acceptors (Lipinski definition) is 6. The van der Waals surface area contributed by atoms with Crippen molar-refractivity contribution in [3.05, 3.63) is 64.2 Å². The van der Waals surface area contributed by atoms with Crippen LogP contribution in [0.25, 0.3) is 0 Å². The van der Waals surface area contributed by atoms with Crippen LogP contribution in [0.5, 0.6) is 0 Å². The van der Waals surface area contributed by atoms with Crippen LogP contribution in [0, 0.1) is 0 Å². The van der Waals surface area contributed by atoms with E-state index in [2.05, 4.69) is 13.8 Å². The molecule has 1 spiro atoms. The molecule has 2 aromatic carbocycles. The summed E-state index contributed by atoms with van der Waals surface area (Å²) in [6.45, 7) is 13.1. The first-order chi connectivity index (χ1) is 16.0. The SMILES string of the molecule is COC1C(OS(=O)(=O)c2c(C(C)C)cc(C(C)C)cc2C(C)C)c2ccccc2C12OCCO2. The maximum atomic E-state index is 14.0. The van der Waals surface area contributed by atoms with Crippen molar-refractivity contribution in [2.75, 3.05) is 20.3 Å². The van der Waals surface area contributed by atoms with Crippen molar-refractivity contribution in [1.29, 1.82) is 0 Å². The first kappa shape index (κ1) is 25.3. The zero-order valence-electron chi connectivity index (χ0n) is 21.1. The van der Waals surface area contributed by atoms with Crippen molar-refractivity contribution in [1.82, 2.24) is 0 Å². The van der Waals surface area contributed by atoms with Gasteiger partial charge in [-0.1, -0.05) is 77.9 Å². The number of benzene rings is 2. The lowest BCUT2D eigenvalue weighted by Gasteiger charge is -2.31. The van der Waals surface area contributed by atoms with Gasteiger partial charge in [-0.3, -0.25) is 4.18 Å². The van der Waals surface area contributed by atoms with E-state index in [1.54, 1.807) is 0 Å². The van der Waals surface area contributed by atoms with E-state index in [1.807, 2.05) is 64.1 Å². The maximum absolute atomic E-state index is 14.0. The fourth-order valence-corrected chi connectivity index (χ4v) is 6.81. The third-order valence-corrected chi connectivity index (χ3v) is 8.25. The van der Waals surface area contributed by atoms with Crippen molar-refractivity contribution in [3.8, 4) is 0 Å². The minimum atomic E-state index is -4.16. The molecule has 1 fully saturated rings. The molecule has 0 saturated carbocycles. The van der Waals surface area contributed by atoms with E-state index in [-0.39, 0.29) is 22.6 Å². The molecule has 0 bridgehead atoms. The molecule has 1 heterocycles. The Balaban J connectivity index is 1.85. The van der Waals surface area contributed by atoms with E-state index in [9.17, 15) is 8.42 Å². The predicted octanol–water partition coefficient (Wildman–Crippen LogP) is 5.73. The third kappa shape index (κ3) is 4.11. The van der Waals surface area contributed by atoms with Gasteiger partial charge in [-0.2, -0.15) is 8.42 Å². The molecule has 0 N–H and O–H groups in total. The predicted molar refractivity (Wildman–Crippen MR) is 131 cm³/mol. The van der Waals surface area contributed by atoms with Crippen LogP contribution in [0.3, 0.4) is 0 Å². The molecule has 6 nitrogen and oxygen atoms in total. The van der Waals surface area contributed by atoms with Gasteiger partial charge in [0.2, 0.25) is 5.79 Å². The largest absolute Gasteiger partial charge is 0.372 e. The van der Waals surface area contributed by atoms with Crippen LogP contribution in [-0.4, -0.2) is 34.8 Å². The lowest BCUT2D eigenvalue weighted by Crippen LogP contribution is -2.41. The quantitative estimate of drug-likeness (QED) is 0.464. The molecule has 0 amide bonds. The van der Waals surface area contributed by atoms with Gasteiger partial charge in [-0.15, -0.1) is 0 Å². The van der Waals surface area contributed by atoms with Gasteiger partial charge >= 0.3 is 0 Å². The Morgan fingerprint density at radius 2 is 1.47 bits per heavy atom. The van der Waals surface area contributed by atoms with Crippen LogP contribution in [0.1, 0.15) is 93.2 Å². The van der Waals surface area contributed by atoms with Gasteiger partial charge in [0.1, 0.15) is 17.1 Å². The highest BCUT2D eigenvalue weighted by Gasteiger charge is 2.59. The average Bonchev–Trinajstić information content (AvgIpc) is 3.37. The topological polar surface area (TPSA) is 71.1 Å². The lowest BCUT2D eigenvalue weighted by atomic mass is 9.89. The third-order valence-electron chi connectivity index (χ3n) is 6.82. The average molecular weight is 489 g/mol. The van der Waals surface area contributed by atoms with Gasteiger partial charge < -0.3 is 14.2 Å². The van der Waals surface area contributed by atoms with E-state index >= 15 is 0 Å². The number of methoxy groups -OCH3 is 1. The van der Waals surface area contributed by atoms with Crippen molar-refractivity contribution in [3.63, 3.8) is 0 Å². The molecule has 1 saturated heterocycles. The molecule has 4 rings (SSSR count). The second kappa shape index (κ2) is 9.36. The van der Waals surface area contributed by atoms with Gasteiger partial charge in [0.15, 0.2) is 0 Å². The summed E-state index contributed by atoms with van der Waals surface area (Å²) in [5.41, 5.74) is 4.13. The van der Waals surface area contributed by atoms with Crippen molar-refractivity contribution in [2.24, 2.45) is 0 Å². The molecule has 0 radical (unpaired) electrons. The molecule has 1 aliphatic carbocycles. The van der Waals surface area contributed by atoms with Crippen molar-refractivity contribution >= 4 is 10.1 Å². The molecule has 2 aliphatic rings. The maximum Gasteiger partial charge on any atom is 0.298 e. The molecule has 1 aliphatic heterocycles. The Hall–Kier alpha value is -1.77. The lowest BCUT2D eigenvalue weighted by molar-refractivity contribution is -0.244. The summed E-state index contributed by atoms with van der Waals surface area (Å²) in [6.07, 6.45) is -1.66. The molecule has 34 heavy (non-hydrogen) atoms. The highest BCUT2D eigenvalue weighted by atomic mass is 32.2. The summed E-state index contributed by atoms with van der Waals surface area (Å²) in [4.78, 5) is 0.267. The van der Waals surface area contributed by atoms with Crippen LogP contribution in [0.2, 0.25) is 0 Å². The zero-order valence-corrected chi connectivity index (χ0v) is 21.9. The number of fused-ring (bicyclic) bond motifs is 2. The van der Waals surface area contributed by atoms with E-state index in [0.29, 0.717) is 18.8 Å². The summed E-state index contributed by atoms with van der Waals surface area (Å²) in [6, 6.07) is 11.5. The van der Waals surface area contributed by atoms with Crippen molar-refractivity contribution in [2.45, 2.75) is 82.2 Å². The van der Waals surface area contributed by atoms with Crippen molar-refractivity contribution < 1.29 is 26.8 Å². The van der Waals surface area contributed by atoms with Gasteiger partial charge in [0, 0.05) is 12.7 Å². The summed E-state index contributed by atoms with van der Waals surface area (Å²) in [5, 5.41) is 0. The second-order valence-corrected chi connectivity index (χ2v) is 11.6. The first-order valence-corrected chi connectivity index (χ1v) is 13.5. The highest BCUT2D eigenvalue weighted by Crippen LogP contribution is 2.52. The van der Waals surface area contributed by atoms with Gasteiger partial charge in [0.25, 0.3) is 10.1 Å². The summed E-state index contributed by atoms with van der Waals surface area (Å²) in [7, 11) is -2.63. The minimum Gasteiger partial charge on any atom is -0.372 e. The Labute approximate surface area is 203 Å². The highest BCUT2D eigenvalue weighted by molar-refractivity contribution is 7.86. The molecular formula is C27H36O6S. The Kier molecular flexibility index (Phi) is 6.97. The van der Waals surface area contributed by atoms with Gasteiger partial charge in [-0.05, 0) is 40.0 Å². The molecule has 0 aromatic heterocycles. The smallest absolute Gasteiger partial charge is 0.298 e. The molecule has 2 atom stereocenters. The standard InChI is InChI=1S/C27H36O6S/c1-16(2)19-14-21(17(3)4)25(22(15-19)18(5)6)34(28,29)33-24-20-10-8-9-11-23(20)27(26(24)30-7)31-12-13-32-27/h8-11,14-18,24,26H,12-13H2,1-7H3. The normalized spacial score (nSPS) is 21.8. The molecule has 7 heteroatoms. The van der Waals surface area contributed by atoms with Gasteiger partial charge in [-0.25, -0.2) is 0 Å². The molecule has 2 aromatic rings. The molecule has 186 valence electrons. The summed E-state index contributed by atoms with van der Waals surface area (Å²) in [5.74, 6) is -0.879. The van der Waals surface area contributed by atoms with E-state index in [4.69, 9.17) is 18.4 Å². The zero-order chi connectivity index (χ0) is 24.8. The fraction of sp³-hybridized carbons (Fsp3) is 0.556. The van der Waals surface area contributed by atoms with E-state index in [1.165, 1.54) is 7.11 Å². The second-order valence-electron chi connectivity index (χ2n) is 10.1.